The van der Waals surface area contributed by atoms with Gasteiger partial charge in [-0.3, -0.25) is 59.8 Å². The number of fused-ring (bicyclic) bond motifs is 24. The molecule has 0 saturated heterocycles. The first-order valence-electron chi connectivity index (χ1n) is 27.8. The number of pyridine rings is 12. The average Bonchev–Trinajstić information content (AvgIpc) is 0.771. The molecule has 88 heavy (non-hydrogen) atoms. The summed E-state index contributed by atoms with van der Waals surface area (Å²) in [5, 5.41) is 12.9. The van der Waals surface area contributed by atoms with Crippen LogP contribution >= 0.6 is 0 Å². The van der Waals surface area contributed by atoms with Crippen LogP contribution in [-0.2, 0) is 39.0 Å². The van der Waals surface area contributed by atoms with Crippen molar-refractivity contribution in [1.82, 2.24) is 69.8 Å². The van der Waals surface area contributed by atoms with Crippen LogP contribution in [0.5, 0.6) is 0 Å². The maximum atomic E-state index is 5.14. The van der Waals surface area contributed by atoms with Crippen LogP contribution in [0.1, 0.15) is 0 Å². The van der Waals surface area contributed by atoms with E-state index in [0.29, 0.717) is 0 Å². The molecule has 6 aromatic carbocycles. The number of nitrogens with zero attached hydrogens (tertiary/aromatic N) is 14. The first-order chi connectivity index (χ1) is 42.7. The molecule has 19 aromatic rings. The molecule has 0 atom stereocenters. The molecule has 16 heteroatoms. The van der Waals surface area contributed by atoms with Crippen molar-refractivity contribution in [2.45, 2.75) is 0 Å². The van der Waals surface area contributed by atoms with Crippen molar-refractivity contribution >= 4 is 153 Å². The van der Waals surface area contributed by atoms with E-state index in [2.05, 4.69) is 157 Å². The van der Waals surface area contributed by atoms with Gasteiger partial charge in [0, 0.05) is 139 Å². The molecule has 13 aromatic heterocycles. The van der Waals surface area contributed by atoms with Gasteiger partial charge in [-0.2, -0.15) is 0 Å². The zero-order valence-corrected chi connectivity index (χ0v) is 49.8. The van der Waals surface area contributed by atoms with Crippen molar-refractivity contribution < 1.29 is 39.0 Å². The maximum Gasteiger partial charge on any atom is 2.00 e. The van der Waals surface area contributed by atoms with Crippen molar-refractivity contribution in [3.05, 3.63) is 268 Å². The van der Waals surface area contributed by atoms with Gasteiger partial charge < -0.3 is 0 Å². The average molecular weight is 1310 g/mol. The number of aromatic nitrogens is 14. The Morgan fingerprint density at radius 3 is 0.432 bits per heavy atom. The molecular formula is C72H44N14Ru2+4. The predicted octanol–water partition coefficient (Wildman–Crippen LogP) is 16.1. The van der Waals surface area contributed by atoms with E-state index in [4.69, 9.17) is 9.97 Å². The maximum absolute atomic E-state index is 5.14. The van der Waals surface area contributed by atoms with Gasteiger partial charge in [-0.15, -0.1) is 0 Å². The van der Waals surface area contributed by atoms with Crippen LogP contribution < -0.4 is 0 Å². The second kappa shape index (κ2) is 25.0. The minimum absolute atomic E-state index is 0. The molecule has 14 nitrogen and oxygen atoms in total. The SMILES string of the molecule is [Ru+2].[Ru+2].c1cnc2c(c1)c1nc3c4cccnc4c4ncccc4c3nc1c1cccnc12.c1cnc2c(c1)ccc1cccnc12.c1cnc2c(c1)ccc1cccnc12.c1cnc2c(c1)ccc1cccnc12.c1cnc2c(c1)ccc1cccnc12. The zero-order chi connectivity index (χ0) is 57.2. The van der Waals surface area contributed by atoms with Gasteiger partial charge in [0.15, 0.2) is 0 Å². The number of rotatable bonds is 0. The van der Waals surface area contributed by atoms with E-state index in [0.717, 1.165) is 153 Å². The van der Waals surface area contributed by atoms with Gasteiger partial charge >= 0.3 is 39.0 Å². The summed E-state index contributed by atoms with van der Waals surface area (Å²) >= 11 is 0. The fraction of sp³-hybridized carbons (Fsp3) is 0. The van der Waals surface area contributed by atoms with E-state index in [1.54, 1.807) is 74.4 Å². The third-order valence-electron chi connectivity index (χ3n) is 15.0. The largest absolute Gasteiger partial charge is 2.00 e. The van der Waals surface area contributed by atoms with Crippen LogP contribution in [0.4, 0.5) is 0 Å². The smallest absolute Gasteiger partial charge is 0.254 e. The molecular weight excluding hydrogens is 1260 g/mol. The Labute approximate surface area is 526 Å². The molecule has 0 N–H and O–H groups in total. The minimum Gasteiger partial charge on any atom is -0.254 e. The summed E-state index contributed by atoms with van der Waals surface area (Å²) in [7, 11) is 0. The molecule has 0 saturated carbocycles. The van der Waals surface area contributed by atoms with Crippen LogP contribution in [-0.4, -0.2) is 69.8 Å². The second-order valence-corrected chi connectivity index (χ2v) is 20.1. The standard InChI is InChI=1S/C24H12N6.4C12H8N2.2Ru/c1-5-13-17(25-9-1)18-14(6-2-10-26-18)22-21(13)29-23-15-7-3-11-27-19(15)20-16(24(23)30-22)8-4-12-28-20;4*1-3-9-5-6-10-4-2-8-14-12(10)11(9)13-7-1;;/h1-12H;4*1-8H;;/q;;;;;2*+2. The number of benzene rings is 6. The van der Waals surface area contributed by atoms with Crippen molar-refractivity contribution in [2.24, 2.45) is 0 Å². The molecule has 0 aliphatic carbocycles. The van der Waals surface area contributed by atoms with Crippen LogP contribution in [0, 0.1) is 0 Å². The van der Waals surface area contributed by atoms with E-state index in [1.807, 2.05) is 97.1 Å². The van der Waals surface area contributed by atoms with Gasteiger partial charge in [0.05, 0.1) is 88.3 Å². The van der Waals surface area contributed by atoms with Crippen molar-refractivity contribution in [2.75, 3.05) is 0 Å². The van der Waals surface area contributed by atoms with E-state index in [-0.39, 0.29) is 39.0 Å². The monoisotopic (exact) mass is 1310 g/mol. The molecule has 0 fully saturated rings. The van der Waals surface area contributed by atoms with Gasteiger partial charge in [-0.25, -0.2) is 9.97 Å². The van der Waals surface area contributed by atoms with Gasteiger partial charge in [0.25, 0.3) is 0 Å². The third-order valence-corrected chi connectivity index (χ3v) is 15.0. The van der Waals surface area contributed by atoms with E-state index >= 15 is 0 Å². The van der Waals surface area contributed by atoms with Crippen LogP contribution in [0.25, 0.3) is 153 Å². The third kappa shape index (κ3) is 10.6. The zero-order valence-electron chi connectivity index (χ0n) is 46.4. The summed E-state index contributed by atoms with van der Waals surface area (Å²) in [4.78, 5) is 63.4. The van der Waals surface area contributed by atoms with E-state index < -0.39 is 0 Å². The van der Waals surface area contributed by atoms with Gasteiger partial charge in [0.1, 0.15) is 0 Å². The molecule has 0 bridgehead atoms. The van der Waals surface area contributed by atoms with E-state index in [9.17, 15) is 0 Å². The molecule has 0 amide bonds. The molecule has 13 heterocycles. The van der Waals surface area contributed by atoms with Crippen LogP contribution in [0.2, 0.25) is 0 Å². The molecule has 0 aliphatic rings. The second-order valence-electron chi connectivity index (χ2n) is 20.1. The summed E-state index contributed by atoms with van der Waals surface area (Å²) in [5.41, 5.74) is 14.4. The molecule has 414 valence electrons. The fourth-order valence-corrected chi connectivity index (χ4v) is 11.0. The summed E-state index contributed by atoms with van der Waals surface area (Å²) < 4.78 is 0. The Balaban J connectivity index is 0.000000106. The van der Waals surface area contributed by atoms with Gasteiger partial charge in [-0.1, -0.05) is 97.1 Å². The summed E-state index contributed by atoms with van der Waals surface area (Å²) in [6.45, 7) is 0. The summed E-state index contributed by atoms with van der Waals surface area (Å²) in [5.74, 6) is 0. The summed E-state index contributed by atoms with van der Waals surface area (Å²) in [6.07, 6.45) is 21.6. The predicted molar refractivity (Wildman–Crippen MR) is 346 cm³/mol. The Kier molecular flexibility index (Phi) is 16.0. The van der Waals surface area contributed by atoms with E-state index in [1.165, 1.54) is 0 Å². The first kappa shape index (κ1) is 56.2. The molecule has 0 spiro atoms. The number of hydrogen-bond donors (Lipinski definition) is 0. The van der Waals surface area contributed by atoms with Gasteiger partial charge in [0.2, 0.25) is 0 Å². The molecule has 0 aliphatic heterocycles. The van der Waals surface area contributed by atoms with Gasteiger partial charge in [-0.05, 0) is 97.1 Å². The molecule has 0 unspecified atom stereocenters. The fourth-order valence-electron chi connectivity index (χ4n) is 11.0. The molecule has 19 rings (SSSR count). The number of hydrogen-bond acceptors (Lipinski definition) is 14. The Morgan fingerprint density at radius 2 is 0.273 bits per heavy atom. The minimum atomic E-state index is 0. The van der Waals surface area contributed by atoms with Crippen molar-refractivity contribution in [1.29, 1.82) is 0 Å². The Bertz CT molecular complexity index is 4880. The topological polar surface area (TPSA) is 180 Å². The summed E-state index contributed by atoms with van der Waals surface area (Å²) in [6, 6.07) is 64.4. The normalized spacial score (nSPS) is 11.0. The first-order valence-corrected chi connectivity index (χ1v) is 27.8. The Morgan fingerprint density at radius 1 is 0.136 bits per heavy atom. The molecule has 0 radical (unpaired) electrons. The van der Waals surface area contributed by atoms with Crippen molar-refractivity contribution in [3.8, 4) is 0 Å². The van der Waals surface area contributed by atoms with Crippen molar-refractivity contribution in [3.63, 3.8) is 0 Å². The quantitative estimate of drug-likeness (QED) is 0.0794. The van der Waals surface area contributed by atoms with Crippen LogP contribution in [0.3, 0.4) is 0 Å². The Hall–Kier alpha value is -10.9. The van der Waals surface area contributed by atoms with Crippen LogP contribution in [0.15, 0.2) is 268 Å².